The molecule has 0 saturated carbocycles. The van der Waals surface area contributed by atoms with Gasteiger partial charge in [-0.15, -0.1) is 0 Å². The number of ether oxygens (including phenoxy) is 1. The first kappa shape index (κ1) is 14.5. The predicted molar refractivity (Wildman–Crippen MR) is 80.4 cm³/mol. The van der Waals surface area contributed by atoms with Crippen LogP contribution in [0.1, 0.15) is 21.5 Å². The third-order valence-corrected chi connectivity index (χ3v) is 2.96. The predicted octanol–water partition coefficient (Wildman–Crippen LogP) is 3.59. The molecular formula is C16H13NO4. The average molecular weight is 283 g/mol. The molecule has 0 N–H and O–H groups in total. The molecule has 106 valence electrons. The zero-order chi connectivity index (χ0) is 15.2. The monoisotopic (exact) mass is 283 g/mol. The van der Waals surface area contributed by atoms with E-state index in [-0.39, 0.29) is 5.69 Å². The SMILES string of the molecule is COc1ccc([N+](=O)[O-])c(/C=C/c2ccc(C=O)cc2)c1. The molecule has 0 atom stereocenters. The van der Waals surface area contributed by atoms with Gasteiger partial charge in [-0.25, -0.2) is 0 Å². The topological polar surface area (TPSA) is 69.4 Å². The Kier molecular flexibility index (Phi) is 4.46. The third-order valence-electron chi connectivity index (χ3n) is 2.96. The van der Waals surface area contributed by atoms with E-state index in [1.807, 2.05) is 0 Å². The summed E-state index contributed by atoms with van der Waals surface area (Å²) in [6, 6.07) is 11.5. The number of carbonyl (C=O) groups excluding carboxylic acids is 1. The molecule has 0 aromatic heterocycles. The van der Waals surface area contributed by atoms with Crippen molar-refractivity contribution in [2.75, 3.05) is 7.11 Å². The maximum atomic E-state index is 11.0. The summed E-state index contributed by atoms with van der Waals surface area (Å²) in [5.41, 5.74) is 1.90. The van der Waals surface area contributed by atoms with Gasteiger partial charge in [0.2, 0.25) is 0 Å². The minimum absolute atomic E-state index is 0.0107. The number of hydrogen-bond donors (Lipinski definition) is 0. The zero-order valence-electron chi connectivity index (χ0n) is 11.4. The molecular weight excluding hydrogens is 270 g/mol. The Hall–Kier alpha value is -2.95. The average Bonchev–Trinajstić information content (AvgIpc) is 2.52. The van der Waals surface area contributed by atoms with Crippen LogP contribution in [0.5, 0.6) is 5.75 Å². The molecule has 0 unspecified atom stereocenters. The number of aldehydes is 1. The van der Waals surface area contributed by atoms with Crippen LogP contribution in [-0.2, 0) is 0 Å². The number of rotatable bonds is 5. The maximum absolute atomic E-state index is 11.0. The van der Waals surface area contributed by atoms with E-state index in [0.717, 1.165) is 11.8 Å². The number of methoxy groups -OCH3 is 1. The fourth-order valence-corrected chi connectivity index (χ4v) is 1.83. The van der Waals surface area contributed by atoms with Crippen LogP contribution < -0.4 is 4.74 Å². The molecule has 2 aromatic carbocycles. The number of nitro groups is 1. The molecule has 2 aromatic rings. The van der Waals surface area contributed by atoms with Crippen molar-refractivity contribution in [1.29, 1.82) is 0 Å². The lowest BCUT2D eigenvalue weighted by Gasteiger charge is -2.02. The molecule has 0 heterocycles. The lowest BCUT2D eigenvalue weighted by atomic mass is 10.1. The largest absolute Gasteiger partial charge is 0.497 e. The van der Waals surface area contributed by atoms with E-state index in [1.165, 1.54) is 13.2 Å². The summed E-state index contributed by atoms with van der Waals surface area (Å²) in [6.45, 7) is 0. The van der Waals surface area contributed by atoms with Crippen LogP contribution in [0.3, 0.4) is 0 Å². The highest BCUT2D eigenvalue weighted by Crippen LogP contribution is 2.25. The molecule has 21 heavy (non-hydrogen) atoms. The second kappa shape index (κ2) is 6.47. The van der Waals surface area contributed by atoms with Crippen LogP contribution in [0.4, 0.5) is 5.69 Å². The first-order valence-corrected chi connectivity index (χ1v) is 6.20. The van der Waals surface area contributed by atoms with E-state index in [4.69, 9.17) is 4.74 Å². The number of benzene rings is 2. The molecule has 5 heteroatoms. The van der Waals surface area contributed by atoms with E-state index < -0.39 is 4.92 Å². The third kappa shape index (κ3) is 3.54. The molecule has 0 radical (unpaired) electrons. The lowest BCUT2D eigenvalue weighted by molar-refractivity contribution is -0.385. The molecule has 0 spiro atoms. The van der Waals surface area contributed by atoms with Crippen LogP contribution in [-0.4, -0.2) is 18.3 Å². The van der Waals surface area contributed by atoms with Crippen molar-refractivity contribution in [1.82, 2.24) is 0 Å². The normalized spacial score (nSPS) is 10.5. The highest BCUT2D eigenvalue weighted by molar-refractivity contribution is 5.78. The second-order valence-corrected chi connectivity index (χ2v) is 4.30. The fraction of sp³-hybridized carbons (Fsp3) is 0.0625. The molecule has 0 aliphatic rings. The van der Waals surface area contributed by atoms with E-state index >= 15 is 0 Å². The van der Waals surface area contributed by atoms with Crippen molar-refractivity contribution < 1.29 is 14.5 Å². The number of nitrogens with zero attached hydrogens (tertiary/aromatic N) is 1. The van der Waals surface area contributed by atoms with E-state index in [1.54, 1.807) is 48.6 Å². The van der Waals surface area contributed by atoms with Crippen molar-refractivity contribution in [3.05, 3.63) is 69.3 Å². The summed E-state index contributed by atoms with van der Waals surface area (Å²) in [6.07, 6.45) is 4.16. The van der Waals surface area contributed by atoms with Gasteiger partial charge in [-0.1, -0.05) is 30.3 Å². The van der Waals surface area contributed by atoms with Crippen molar-refractivity contribution in [2.24, 2.45) is 0 Å². The molecule has 0 fully saturated rings. The van der Waals surface area contributed by atoms with Gasteiger partial charge in [0.1, 0.15) is 12.0 Å². The summed E-state index contributed by atoms with van der Waals surface area (Å²) >= 11 is 0. The Morgan fingerprint density at radius 2 is 1.71 bits per heavy atom. The summed E-state index contributed by atoms with van der Waals surface area (Å²) in [5.74, 6) is 0.552. The lowest BCUT2D eigenvalue weighted by Crippen LogP contribution is -1.92. The van der Waals surface area contributed by atoms with Gasteiger partial charge in [0.15, 0.2) is 0 Å². The molecule has 5 nitrogen and oxygen atoms in total. The van der Waals surface area contributed by atoms with Gasteiger partial charge in [-0.05, 0) is 23.8 Å². The summed E-state index contributed by atoms with van der Waals surface area (Å²) in [7, 11) is 1.51. The van der Waals surface area contributed by atoms with E-state index in [0.29, 0.717) is 16.9 Å². The first-order valence-electron chi connectivity index (χ1n) is 6.20. The summed E-state index contributed by atoms with van der Waals surface area (Å²) < 4.78 is 5.08. The van der Waals surface area contributed by atoms with E-state index in [2.05, 4.69) is 0 Å². The molecule has 0 bridgehead atoms. The van der Waals surface area contributed by atoms with Gasteiger partial charge >= 0.3 is 0 Å². The zero-order valence-corrected chi connectivity index (χ0v) is 11.4. The second-order valence-electron chi connectivity index (χ2n) is 4.30. The Morgan fingerprint density at radius 1 is 1.05 bits per heavy atom. The van der Waals surface area contributed by atoms with Crippen LogP contribution >= 0.6 is 0 Å². The standard InChI is InChI=1S/C16H13NO4/c1-21-15-8-9-16(17(19)20)14(10-15)7-6-12-2-4-13(11-18)5-3-12/h2-11H,1H3/b7-6+. The highest BCUT2D eigenvalue weighted by atomic mass is 16.6. The molecule has 2 rings (SSSR count). The van der Waals surface area contributed by atoms with Gasteiger partial charge in [0, 0.05) is 11.6 Å². The molecule has 0 amide bonds. The van der Waals surface area contributed by atoms with Crippen molar-refractivity contribution in [3.8, 4) is 5.75 Å². The molecule has 0 saturated heterocycles. The van der Waals surface area contributed by atoms with Crippen LogP contribution in [0.2, 0.25) is 0 Å². The smallest absolute Gasteiger partial charge is 0.276 e. The van der Waals surface area contributed by atoms with E-state index in [9.17, 15) is 14.9 Å². The Morgan fingerprint density at radius 3 is 2.29 bits per heavy atom. The van der Waals surface area contributed by atoms with Gasteiger partial charge in [-0.3, -0.25) is 14.9 Å². The molecule has 0 aliphatic carbocycles. The van der Waals surface area contributed by atoms with Gasteiger partial charge in [0.25, 0.3) is 5.69 Å². The highest BCUT2D eigenvalue weighted by Gasteiger charge is 2.12. The van der Waals surface area contributed by atoms with Gasteiger partial charge < -0.3 is 4.74 Å². The minimum Gasteiger partial charge on any atom is -0.497 e. The number of hydrogen-bond acceptors (Lipinski definition) is 4. The summed E-state index contributed by atoms with van der Waals surface area (Å²) in [5, 5.41) is 11.0. The first-order chi connectivity index (χ1) is 10.1. The Bertz CT molecular complexity index is 690. The van der Waals surface area contributed by atoms with Crippen molar-refractivity contribution in [3.63, 3.8) is 0 Å². The van der Waals surface area contributed by atoms with Crippen molar-refractivity contribution >= 4 is 24.1 Å². The fourth-order valence-electron chi connectivity index (χ4n) is 1.83. The quantitative estimate of drug-likeness (QED) is 0.364. The van der Waals surface area contributed by atoms with Crippen LogP contribution in [0.15, 0.2) is 42.5 Å². The minimum atomic E-state index is -0.436. The number of nitro benzene ring substituents is 1. The Balaban J connectivity index is 2.33. The van der Waals surface area contributed by atoms with Crippen molar-refractivity contribution in [2.45, 2.75) is 0 Å². The summed E-state index contributed by atoms with van der Waals surface area (Å²) in [4.78, 5) is 21.2. The van der Waals surface area contributed by atoms with Crippen LogP contribution in [0, 0.1) is 10.1 Å². The van der Waals surface area contributed by atoms with Gasteiger partial charge in [0.05, 0.1) is 17.6 Å². The number of carbonyl (C=O) groups is 1. The Labute approximate surface area is 121 Å². The maximum Gasteiger partial charge on any atom is 0.276 e. The van der Waals surface area contributed by atoms with Gasteiger partial charge in [-0.2, -0.15) is 0 Å². The van der Waals surface area contributed by atoms with Crippen LogP contribution in [0.25, 0.3) is 12.2 Å². The molecule has 0 aliphatic heterocycles.